The van der Waals surface area contributed by atoms with Gasteiger partial charge in [-0.15, -0.1) is 0 Å². The third kappa shape index (κ3) is 19.0. The Bertz CT molecular complexity index is 2440. The highest BCUT2D eigenvalue weighted by atomic mass is 16.6. The highest BCUT2D eigenvalue weighted by Gasteiger charge is 2.37. The number of rotatable bonds is 27. The fraction of sp³-hybridized carbons (Fsp3) is 0.600. The minimum absolute atomic E-state index is 0.0353. The average molecular weight is 1070 g/mol. The fourth-order valence-electron chi connectivity index (χ4n) is 9.97. The quantitative estimate of drug-likeness (QED) is 0.0372. The van der Waals surface area contributed by atoms with Gasteiger partial charge in [0.15, 0.2) is 11.6 Å². The molecule has 3 aliphatic rings. The molecule has 0 unspecified atom stereocenters. The number of amides is 3. The van der Waals surface area contributed by atoms with E-state index < -0.39 is 23.7 Å². The van der Waals surface area contributed by atoms with Gasteiger partial charge in [-0.05, 0) is 85.0 Å². The van der Waals surface area contributed by atoms with E-state index in [2.05, 4.69) is 10.6 Å². The van der Waals surface area contributed by atoms with Crippen LogP contribution in [-0.4, -0.2) is 139 Å². The molecule has 0 saturated carbocycles. The lowest BCUT2D eigenvalue weighted by atomic mass is 9.75. The van der Waals surface area contributed by atoms with E-state index >= 15 is 0 Å². The molecule has 0 bridgehead atoms. The van der Waals surface area contributed by atoms with Gasteiger partial charge in [0.2, 0.25) is 11.8 Å². The van der Waals surface area contributed by atoms with E-state index in [0.29, 0.717) is 37.1 Å². The second-order valence-electron chi connectivity index (χ2n) is 23.9. The van der Waals surface area contributed by atoms with Crippen LogP contribution in [0.4, 0.5) is 4.79 Å². The maximum Gasteiger partial charge on any atom is 0.407 e. The van der Waals surface area contributed by atoms with Gasteiger partial charge in [0, 0.05) is 69.1 Å². The van der Waals surface area contributed by atoms with Crippen molar-refractivity contribution < 1.29 is 57.9 Å². The van der Waals surface area contributed by atoms with Gasteiger partial charge in [0.1, 0.15) is 36.4 Å². The molecule has 5 rings (SSSR count). The number of nitrogens with zero attached hydrogens (tertiary/aromatic N) is 3. The third-order valence-corrected chi connectivity index (χ3v) is 13.3. The van der Waals surface area contributed by atoms with E-state index in [4.69, 9.17) is 28.9 Å². The van der Waals surface area contributed by atoms with Crippen molar-refractivity contribution in [1.82, 2.24) is 15.5 Å². The minimum atomic E-state index is -1.15. The van der Waals surface area contributed by atoms with Gasteiger partial charge in [-0.25, -0.2) is 9.59 Å². The number of benzene rings is 2. The second-order valence-corrected chi connectivity index (χ2v) is 23.9. The van der Waals surface area contributed by atoms with Crippen molar-refractivity contribution in [2.75, 3.05) is 65.8 Å². The third-order valence-electron chi connectivity index (χ3n) is 13.3. The normalized spacial score (nSPS) is 17.1. The fourth-order valence-corrected chi connectivity index (χ4v) is 9.97. The SMILES string of the molecule is CC(C)CC(=NCCN(CCN=C(CC(C)C)C1=C(O)CC(C)(C)CC1=O)C(=O)COCCOCCNC(=O)CC[C@@H](NC(=O)OCC1c2ccccc2-c2ccccc21)C(=O)OC(C)(C)C)C1=C(O)CC(C)(C)CC1=O. The number of ketones is 2. The Balaban J connectivity index is 1.12. The highest BCUT2D eigenvalue weighted by Crippen LogP contribution is 2.45. The van der Waals surface area contributed by atoms with Gasteiger partial charge in [-0.3, -0.25) is 29.2 Å². The summed E-state index contributed by atoms with van der Waals surface area (Å²) in [5, 5.41) is 27.5. The summed E-state index contributed by atoms with van der Waals surface area (Å²) in [6.07, 6.45) is 1.29. The summed E-state index contributed by atoms with van der Waals surface area (Å²) in [6, 6.07) is 14.8. The lowest BCUT2D eigenvalue weighted by Gasteiger charge is -2.30. The number of allylic oxidation sites excluding steroid dienone is 4. The molecule has 3 aliphatic carbocycles. The summed E-state index contributed by atoms with van der Waals surface area (Å²) < 4.78 is 22.7. The number of carbonyl (C=O) groups excluding carboxylic acids is 6. The Labute approximate surface area is 455 Å². The molecule has 77 heavy (non-hydrogen) atoms. The number of hydrogen-bond acceptors (Lipinski definition) is 14. The predicted molar refractivity (Wildman–Crippen MR) is 297 cm³/mol. The average Bonchev–Trinajstić information content (AvgIpc) is 3.64. The number of alkyl carbamates (subject to hydrolysis) is 1. The van der Waals surface area contributed by atoms with Gasteiger partial charge in [-0.2, -0.15) is 0 Å². The van der Waals surface area contributed by atoms with Gasteiger partial charge < -0.3 is 44.7 Å². The molecule has 0 radical (unpaired) electrons. The van der Waals surface area contributed by atoms with Gasteiger partial charge in [0.05, 0.1) is 44.1 Å². The molecule has 4 N–H and O–H groups in total. The van der Waals surface area contributed by atoms with E-state index in [1.807, 2.05) is 104 Å². The van der Waals surface area contributed by atoms with Gasteiger partial charge >= 0.3 is 12.1 Å². The first kappa shape index (κ1) is 61.7. The molecule has 422 valence electrons. The Kier molecular flexibility index (Phi) is 22.3. The topological polar surface area (TPSA) is 232 Å². The molecule has 0 spiro atoms. The van der Waals surface area contributed by atoms with Crippen LogP contribution in [0.2, 0.25) is 0 Å². The number of aliphatic hydroxyl groups is 2. The molecule has 1 atom stereocenters. The highest BCUT2D eigenvalue weighted by molar-refractivity contribution is 6.24. The molecular formula is C60H85N5O12. The van der Waals surface area contributed by atoms with Crippen molar-refractivity contribution in [3.63, 3.8) is 0 Å². The largest absolute Gasteiger partial charge is 0.511 e. The van der Waals surface area contributed by atoms with Crippen LogP contribution in [0.1, 0.15) is 145 Å². The molecule has 17 heteroatoms. The molecule has 17 nitrogen and oxygen atoms in total. The van der Waals surface area contributed by atoms with Crippen LogP contribution in [0, 0.1) is 22.7 Å². The molecule has 0 fully saturated rings. The molecule has 0 aliphatic heterocycles. The van der Waals surface area contributed by atoms with Crippen LogP contribution in [0.15, 0.2) is 81.2 Å². The number of ether oxygens (including phenoxy) is 4. The van der Waals surface area contributed by atoms with E-state index in [1.54, 1.807) is 25.7 Å². The molecule has 2 aromatic rings. The number of carbonyl (C=O) groups is 6. The van der Waals surface area contributed by atoms with Crippen molar-refractivity contribution in [2.45, 2.75) is 145 Å². The zero-order valence-corrected chi connectivity index (χ0v) is 47.5. The summed E-state index contributed by atoms with van der Waals surface area (Å²) in [6.45, 7) is 21.8. The van der Waals surface area contributed by atoms with Gasteiger partial charge in [0.25, 0.3) is 0 Å². The van der Waals surface area contributed by atoms with Crippen molar-refractivity contribution in [3.8, 4) is 11.1 Å². The van der Waals surface area contributed by atoms with E-state index in [-0.39, 0.29) is 166 Å². The number of aliphatic imine (C=N–C) groups is 2. The predicted octanol–water partition coefficient (Wildman–Crippen LogP) is 9.37. The molecule has 0 saturated heterocycles. The number of nitrogens with one attached hydrogen (secondary N) is 2. The Hall–Kier alpha value is -6.20. The number of esters is 1. The van der Waals surface area contributed by atoms with Crippen molar-refractivity contribution in [1.29, 1.82) is 0 Å². The van der Waals surface area contributed by atoms with E-state index in [1.165, 1.54) is 0 Å². The number of aliphatic hydroxyl groups excluding tert-OH is 2. The first-order chi connectivity index (χ1) is 36.2. The minimum Gasteiger partial charge on any atom is -0.511 e. The standard InChI is InChI=1S/C60H85N5O12/c1-38(2)30-46(54-48(66)32-59(8,9)33-49(54)67)61-22-25-65(26-23-62-47(31-39(3)4)55-50(68)34-60(10,11)35-51(55)69)53(71)37-75-29-28-74-27-24-63-52(70)21-20-45(56(72)77-58(5,6)7)64-57(73)76-36-44-42-18-14-12-16-40(42)41-17-13-15-19-43(41)44/h12-19,38-39,44-45,66,68H,20-37H2,1-11H3,(H,63,70)(H,64,73)/t45-/m1/s1. The summed E-state index contributed by atoms with van der Waals surface area (Å²) in [4.78, 5) is 91.0. The van der Waals surface area contributed by atoms with Crippen LogP contribution in [0.25, 0.3) is 11.1 Å². The number of hydrogen-bond donors (Lipinski definition) is 4. The van der Waals surface area contributed by atoms with Crippen LogP contribution < -0.4 is 10.6 Å². The second kappa shape index (κ2) is 27.9. The maximum atomic E-state index is 13.8. The zero-order chi connectivity index (χ0) is 56.7. The summed E-state index contributed by atoms with van der Waals surface area (Å²) in [5.74, 6) is -1.52. The smallest absolute Gasteiger partial charge is 0.407 e. The van der Waals surface area contributed by atoms with Crippen LogP contribution in [0.5, 0.6) is 0 Å². The lowest BCUT2D eigenvalue weighted by molar-refractivity contribution is -0.157. The first-order valence-corrected chi connectivity index (χ1v) is 27.3. The van der Waals surface area contributed by atoms with Crippen LogP contribution in [0.3, 0.4) is 0 Å². The zero-order valence-electron chi connectivity index (χ0n) is 47.5. The summed E-state index contributed by atoms with van der Waals surface area (Å²) in [7, 11) is 0. The van der Waals surface area contributed by atoms with Crippen LogP contribution >= 0.6 is 0 Å². The number of fused-ring (bicyclic) bond motifs is 3. The van der Waals surface area contributed by atoms with Crippen molar-refractivity contribution in [3.05, 3.63) is 82.3 Å². The van der Waals surface area contributed by atoms with E-state index in [9.17, 15) is 39.0 Å². The molecule has 0 aromatic heterocycles. The van der Waals surface area contributed by atoms with Gasteiger partial charge in [-0.1, -0.05) is 104 Å². The van der Waals surface area contributed by atoms with E-state index in [0.717, 1.165) is 22.3 Å². The van der Waals surface area contributed by atoms with Crippen molar-refractivity contribution >= 4 is 46.9 Å². The van der Waals surface area contributed by atoms with Crippen molar-refractivity contribution in [2.24, 2.45) is 32.7 Å². The number of Topliss-reactive ketones (excluding diaryl/α,β-unsaturated/α-hetero) is 2. The summed E-state index contributed by atoms with van der Waals surface area (Å²) >= 11 is 0. The Morgan fingerprint density at radius 1 is 0.727 bits per heavy atom. The maximum absolute atomic E-state index is 13.8. The Morgan fingerprint density at radius 2 is 1.22 bits per heavy atom. The van der Waals surface area contributed by atoms with Crippen LogP contribution in [-0.2, 0) is 42.9 Å². The monoisotopic (exact) mass is 1070 g/mol. The molecule has 0 heterocycles. The lowest BCUT2D eigenvalue weighted by Crippen LogP contribution is -2.45. The Morgan fingerprint density at radius 3 is 1.70 bits per heavy atom. The molecule has 3 amide bonds. The molecular weight excluding hydrogens is 983 g/mol. The summed E-state index contributed by atoms with van der Waals surface area (Å²) in [5.41, 5.74) is 4.25. The first-order valence-electron chi connectivity index (χ1n) is 27.3. The molecule has 2 aromatic carbocycles.